The zero-order valence-electron chi connectivity index (χ0n) is 17.0. The average molecular weight is 406 g/mol. The van der Waals surface area contributed by atoms with E-state index in [1.165, 1.54) is 0 Å². The topological polar surface area (TPSA) is 86.1 Å². The van der Waals surface area contributed by atoms with Gasteiger partial charge in [0, 0.05) is 58.6 Å². The van der Waals surface area contributed by atoms with Crippen LogP contribution in [0.2, 0.25) is 0 Å². The summed E-state index contributed by atoms with van der Waals surface area (Å²) in [5, 5.41) is 0. The van der Waals surface area contributed by atoms with Gasteiger partial charge in [-0.05, 0) is 19.3 Å². The minimum absolute atomic E-state index is 0.0190. The van der Waals surface area contributed by atoms with E-state index in [9.17, 15) is 9.59 Å². The molecule has 3 aliphatic rings. The molecule has 29 heavy (non-hydrogen) atoms. The molecule has 4 heterocycles. The van der Waals surface area contributed by atoms with Crippen LogP contribution in [-0.2, 0) is 26.1 Å². The average Bonchev–Trinajstić information content (AvgIpc) is 3.19. The monoisotopic (exact) mass is 406 g/mol. The molecular weight excluding hydrogens is 376 g/mol. The highest BCUT2D eigenvalue weighted by Crippen LogP contribution is 2.36. The summed E-state index contributed by atoms with van der Waals surface area (Å²) in [7, 11) is 1.83. The van der Waals surface area contributed by atoms with Gasteiger partial charge in [0.15, 0.2) is 5.82 Å². The van der Waals surface area contributed by atoms with E-state index in [1.54, 1.807) is 21.9 Å². The number of amides is 2. The van der Waals surface area contributed by atoms with Gasteiger partial charge in [0.05, 0.1) is 24.9 Å². The number of hydrogen-bond acceptors (Lipinski definition) is 6. The van der Waals surface area contributed by atoms with Crippen LogP contribution in [0.4, 0.5) is 0 Å². The number of ether oxygens (including phenoxy) is 3. The molecule has 0 aliphatic carbocycles. The first kappa shape index (κ1) is 20.3. The van der Waals surface area contributed by atoms with E-state index in [2.05, 4.69) is 4.98 Å². The molecule has 9 nitrogen and oxygen atoms in total. The van der Waals surface area contributed by atoms with Crippen molar-refractivity contribution in [3.8, 4) is 0 Å². The highest BCUT2D eigenvalue weighted by molar-refractivity contribution is 5.90. The second-order valence-corrected chi connectivity index (χ2v) is 8.10. The Balaban J connectivity index is 1.27. The maximum Gasteiger partial charge on any atom is 0.289 e. The van der Waals surface area contributed by atoms with Crippen molar-refractivity contribution in [2.75, 3.05) is 52.6 Å². The number of carbonyl (C=O) groups excluding carboxylic acids is 2. The smallest absolute Gasteiger partial charge is 0.289 e. The van der Waals surface area contributed by atoms with Crippen molar-refractivity contribution in [1.82, 2.24) is 19.4 Å². The van der Waals surface area contributed by atoms with Crippen molar-refractivity contribution in [2.24, 2.45) is 7.05 Å². The van der Waals surface area contributed by atoms with Crippen molar-refractivity contribution in [3.05, 3.63) is 18.2 Å². The maximum absolute atomic E-state index is 12.7. The fourth-order valence-corrected chi connectivity index (χ4v) is 4.40. The molecule has 1 aromatic rings. The van der Waals surface area contributed by atoms with Crippen molar-refractivity contribution < 1.29 is 23.8 Å². The van der Waals surface area contributed by atoms with Crippen LogP contribution in [0.25, 0.3) is 0 Å². The van der Waals surface area contributed by atoms with Crippen LogP contribution in [0.3, 0.4) is 0 Å². The highest BCUT2D eigenvalue weighted by atomic mass is 16.5. The summed E-state index contributed by atoms with van der Waals surface area (Å²) < 4.78 is 19.2. The molecule has 3 fully saturated rings. The molecule has 1 spiro atoms. The van der Waals surface area contributed by atoms with Crippen LogP contribution in [-0.4, -0.2) is 95.5 Å². The molecule has 0 bridgehead atoms. The molecule has 4 rings (SSSR count). The molecule has 0 saturated carbocycles. The fraction of sp³-hybridized carbons (Fsp3) is 0.750. The fourth-order valence-electron chi connectivity index (χ4n) is 4.40. The van der Waals surface area contributed by atoms with E-state index in [0.717, 1.165) is 25.7 Å². The zero-order chi connectivity index (χ0) is 20.3. The van der Waals surface area contributed by atoms with Gasteiger partial charge in [0.1, 0.15) is 6.61 Å². The van der Waals surface area contributed by atoms with Gasteiger partial charge in [0.2, 0.25) is 5.91 Å². The Bertz CT molecular complexity index is 722. The van der Waals surface area contributed by atoms with Crippen LogP contribution in [0, 0.1) is 0 Å². The van der Waals surface area contributed by atoms with Gasteiger partial charge in [-0.25, -0.2) is 4.98 Å². The molecule has 1 unspecified atom stereocenters. The third kappa shape index (κ3) is 4.62. The molecule has 0 N–H and O–H groups in total. The van der Waals surface area contributed by atoms with Crippen LogP contribution < -0.4 is 0 Å². The number of nitrogens with zero attached hydrogens (tertiary/aromatic N) is 4. The first-order valence-electron chi connectivity index (χ1n) is 10.4. The number of aryl methyl sites for hydroxylation is 1. The van der Waals surface area contributed by atoms with Crippen molar-refractivity contribution in [3.63, 3.8) is 0 Å². The molecule has 1 aromatic heterocycles. The lowest BCUT2D eigenvalue weighted by Crippen LogP contribution is -2.52. The molecule has 3 saturated heterocycles. The standard InChI is InChI=1S/C20H30N4O5/c1-22-8-5-21-18(22)19(26)24-6-3-20(4-7-24)14-16(2-11-29-20)28-15-17(25)23-9-12-27-13-10-23/h5,8,16H,2-4,6-7,9-15H2,1H3. The number of aromatic nitrogens is 2. The second kappa shape index (κ2) is 8.81. The Morgan fingerprint density at radius 3 is 2.62 bits per heavy atom. The normalized spacial score (nSPS) is 24.7. The molecule has 3 aliphatic heterocycles. The molecular formula is C20H30N4O5. The largest absolute Gasteiger partial charge is 0.378 e. The Labute approximate surface area is 170 Å². The molecule has 160 valence electrons. The van der Waals surface area contributed by atoms with Gasteiger partial charge >= 0.3 is 0 Å². The summed E-state index contributed by atoms with van der Waals surface area (Å²) >= 11 is 0. The summed E-state index contributed by atoms with van der Waals surface area (Å²) in [6, 6.07) is 0. The zero-order valence-corrected chi connectivity index (χ0v) is 17.0. The first-order chi connectivity index (χ1) is 14.1. The van der Waals surface area contributed by atoms with E-state index in [4.69, 9.17) is 14.2 Å². The lowest BCUT2D eigenvalue weighted by Gasteiger charge is -2.46. The number of rotatable bonds is 4. The van der Waals surface area contributed by atoms with Crippen molar-refractivity contribution in [1.29, 1.82) is 0 Å². The van der Waals surface area contributed by atoms with Gasteiger partial charge in [-0.2, -0.15) is 0 Å². The molecule has 9 heteroatoms. The van der Waals surface area contributed by atoms with Gasteiger partial charge in [-0.15, -0.1) is 0 Å². The molecule has 1 atom stereocenters. The summed E-state index contributed by atoms with van der Waals surface area (Å²) in [5.74, 6) is 0.463. The second-order valence-electron chi connectivity index (χ2n) is 8.10. The van der Waals surface area contributed by atoms with E-state index in [-0.39, 0.29) is 30.1 Å². The molecule has 2 amide bonds. The third-order valence-electron chi connectivity index (χ3n) is 6.23. The van der Waals surface area contributed by atoms with Crippen LogP contribution in [0.15, 0.2) is 12.4 Å². The van der Waals surface area contributed by atoms with E-state index >= 15 is 0 Å². The van der Waals surface area contributed by atoms with Crippen LogP contribution in [0.1, 0.15) is 36.3 Å². The number of morpholine rings is 1. The highest BCUT2D eigenvalue weighted by Gasteiger charge is 2.42. The lowest BCUT2D eigenvalue weighted by molar-refractivity contribution is -0.163. The first-order valence-corrected chi connectivity index (χ1v) is 10.4. The van der Waals surface area contributed by atoms with Gasteiger partial charge in [-0.3, -0.25) is 9.59 Å². The number of hydrogen-bond donors (Lipinski definition) is 0. The Morgan fingerprint density at radius 2 is 1.93 bits per heavy atom. The van der Waals surface area contributed by atoms with Gasteiger partial charge < -0.3 is 28.6 Å². The third-order valence-corrected chi connectivity index (χ3v) is 6.23. The Kier molecular flexibility index (Phi) is 6.17. The Morgan fingerprint density at radius 1 is 1.17 bits per heavy atom. The van der Waals surface area contributed by atoms with Crippen LogP contribution >= 0.6 is 0 Å². The minimum Gasteiger partial charge on any atom is -0.378 e. The lowest BCUT2D eigenvalue weighted by atomic mass is 9.83. The predicted molar refractivity (Wildman–Crippen MR) is 103 cm³/mol. The van der Waals surface area contributed by atoms with Crippen LogP contribution in [0.5, 0.6) is 0 Å². The SMILES string of the molecule is Cn1ccnc1C(=O)N1CCC2(CC1)CC(OCC(=O)N1CCOCC1)CCO2. The molecule has 0 radical (unpaired) electrons. The van der Waals surface area contributed by atoms with Crippen molar-refractivity contribution >= 4 is 11.8 Å². The quantitative estimate of drug-likeness (QED) is 0.722. The number of imidazole rings is 1. The maximum atomic E-state index is 12.7. The van der Waals surface area contributed by atoms with Gasteiger partial charge in [0.25, 0.3) is 5.91 Å². The minimum atomic E-state index is -0.261. The van der Waals surface area contributed by atoms with E-state index in [0.29, 0.717) is 51.8 Å². The van der Waals surface area contributed by atoms with E-state index in [1.807, 2.05) is 11.9 Å². The summed E-state index contributed by atoms with van der Waals surface area (Å²) in [6.45, 7) is 4.50. The molecule has 0 aromatic carbocycles. The number of piperidine rings is 1. The van der Waals surface area contributed by atoms with Crippen molar-refractivity contribution in [2.45, 2.75) is 37.4 Å². The summed E-state index contributed by atoms with van der Waals surface area (Å²) in [5.41, 5.74) is -0.261. The summed E-state index contributed by atoms with van der Waals surface area (Å²) in [6.07, 6.45) is 6.57. The predicted octanol–water partition coefficient (Wildman–Crippen LogP) is 0.449. The van der Waals surface area contributed by atoms with E-state index < -0.39 is 0 Å². The van der Waals surface area contributed by atoms with Gasteiger partial charge in [-0.1, -0.05) is 0 Å². The number of carbonyl (C=O) groups is 2. The summed E-state index contributed by atoms with van der Waals surface area (Å²) in [4.78, 5) is 32.8. The number of likely N-dealkylation sites (tertiary alicyclic amines) is 1. The Hall–Kier alpha value is -1.97.